The maximum atomic E-state index is 12.7. The number of carbonyl (C=O) groups is 2. The predicted octanol–water partition coefficient (Wildman–Crippen LogP) is 2.72. The lowest BCUT2D eigenvalue weighted by atomic mass is 10.1. The molecule has 9 heteroatoms. The fraction of sp³-hybridized carbons (Fsp3) is 0.286. The molecule has 2 N–H and O–H groups in total. The Labute approximate surface area is 184 Å². The van der Waals surface area contributed by atoms with E-state index >= 15 is 0 Å². The Bertz CT molecular complexity index is 1010. The van der Waals surface area contributed by atoms with E-state index in [4.69, 9.17) is 16.6 Å². The van der Waals surface area contributed by atoms with Crippen LogP contribution in [0.2, 0.25) is 0 Å². The van der Waals surface area contributed by atoms with Crippen molar-refractivity contribution in [1.82, 2.24) is 20.7 Å². The minimum absolute atomic E-state index is 0.136. The van der Waals surface area contributed by atoms with Crippen LogP contribution in [-0.2, 0) is 4.79 Å². The van der Waals surface area contributed by atoms with Crippen LogP contribution in [0.25, 0.3) is 17.4 Å². The summed E-state index contributed by atoms with van der Waals surface area (Å²) in [6.45, 7) is 6.69. The summed E-state index contributed by atoms with van der Waals surface area (Å²) in [4.78, 5) is 27.3. The molecule has 0 bridgehead atoms. The van der Waals surface area contributed by atoms with Gasteiger partial charge in [0.1, 0.15) is 15.8 Å². The van der Waals surface area contributed by atoms with Crippen molar-refractivity contribution in [2.45, 2.75) is 6.92 Å². The van der Waals surface area contributed by atoms with E-state index in [0.29, 0.717) is 26.3 Å². The molecular formula is C21H22N4O3S2. The van der Waals surface area contributed by atoms with E-state index in [-0.39, 0.29) is 11.8 Å². The lowest BCUT2D eigenvalue weighted by Gasteiger charge is -2.33. The van der Waals surface area contributed by atoms with Crippen molar-refractivity contribution >= 4 is 46.2 Å². The number of hydrogen-bond acceptors (Lipinski definition) is 7. The zero-order chi connectivity index (χ0) is 21.1. The van der Waals surface area contributed by atoms with Crippen LogP contribution in [-0.4, -0.2) is 58.8 Å². The highest BCUT2D eigenvalue weighted by atomic mass is 32.2. The fourth-order valence-electron chi connectivity index (χ4n) is 3.33. The lowest BCUT2D eigenvalue weighted by molar-refractivity contribution is -0.115. The summed E-state index contributed by atoms with van der Waals surface area (Å²) in [7, 11) is 0. The number of furan rings is 1. The van der Waals surface area contributed by atoms with Crippen molar-refractivity contribution < 1.29 is 14.0 Å². The standard InChI is InChI=1S/C21H22N4O3S2/c1-2-24-8-10-25(11-9-24)23-19(26)15-5-3-4-14(12-15)17-7-6-16(28-17)13-18-20(27)22-21(29)30-18/h3-7,12-13H,2,8-11H2,1H3,(H,23,26)(H,22,27,29)/b18-13-. The minimum atomic E-state index is -0.221. The Morgan fingerprint density at radius 3 is 2.77 bits per heavy atom. The van der Waals surface area contributed by atoms with E-state index in [1.807, 2.05) is 23.2 Å². The summed E-state index contributed by atoms with van der Waals surface area (Å²) in [5.74, 6) is 0.819. The summed E-state index contributed by atoms with van der Waals surface area (Å²) in [5.41, 5.74) is 4.35. The second-order valence-corrected chi connectivity index (χ2v) is 8.72. The van der Waals surface area contributed by atoms with Crippen LogP contribution in [0.15, 0.2) is 45.7 Å². The number of thioether (sulfide) groups is 1. The molecule has 7 nitrogen and oxygen atoms in total. The largest absolute Gasteiger partial charge is 0.457 e. The van der Waals surface area contributed by atoms with E-state index in [0.717, 1.165) is 38.3 Å². The number of piperazine rings is 1. The van der Waals surface area contributed by atoms with Gasteiger partial charge in [0, 0.05) is 43.4 Å². The number of thiocarbonyl (C=S) groups is 1. The van der Waals surface area contributed by atoms with Crippen molar-refractivity contribution in [3.05, 3.63) is 52.6 Å². The third-order valence-electron chi connectivity index (χ3n) is 5.03. The first-order valence-electron chi connectivity index (χ1n) is 9.75. The zero-order valence-electron chi connectivity index (χ0n) is 16.5. The minimum Gasteiger partial charge on any atom is -0.457 e. The maximum absolute atomic E-state index is 12.7. The molecule has 0 unspecified atom stereocenters. The average Bonchev–Trinajstić information content (AvgIpc) is 3.35. The van der Waals surface area contributed by atoms with Crippen LogP contribution in [0, 0.1) is 0 Å². The first-order chi connectivity index (χ1) is 14.5. The van der Waals surface area contributed by atoms with Crippen molar-refractivity contribution in [3.63, 3.8) is 0 Å². The van der Waals surface area contributed by atoms with Gasteiger partial charge in [-0.25, -0.2) is 5.01 Å². The summed E-state index contributed by atoms with van der Waals surface area (Å²) in [5, 5.41) is 4.54. The highest BCUT2D eigenvalue weighted by molar-refractivity contribution is 8.26. The number of hydrogen-bond donors (Lipinski definition) is 2. The van der Waals surface area contributed by atoms with Crippen molar-refractivity contribution in [3.8, 4) is 11.3 Å². The van der Waals surface area contributed by atoms with Crippen molar-refractivity contribution in [1.29, 1.82) is 0 Å². The molecule has 0 spiro atoms. The van der Waals surface area contributed by atoms with Gasteiger partial charge in [0.2, 0.25) is 0 Å². The molecule has 4 rings (SSSR count). The molecule has 2 aromatic rings. The number of benzene rings is 1. The normalized spacial score (nSPS) is 19.3. The van der Waals surface area contributed by atoms with E-state index in [1.54, 1.807) is 24.3 Å². The molecule has 30 heavy (non-hydrogen) atoms. The van der Waals surface area contributed by atoms with Crippen LogP contribution in [0.4, 0.5) is 0 Å². The monoisotopic (exact) mass is 442 g/mol. The van der Waals surface area contributed by atoms with Crippen LogP contribution >= 0.6 is 24.0 Å². The van der Waals surface area contributed by atoms with Gasteiger partial charge in [-0.1, -0.05) is 43.0 Å². The van der Waals surface area contributed by atoms with Gasteiger partial charge in [0.25, 0.3) is 11.8 Å². The summed E-state index contributed by atoms with van der Waals surface area (Å²) in [6, 6.07) is 10.9. The number of rotatable bonds is 5. The molecule has 3 heterocycles. The topological polar surface area (TPSA) is 77.8 Å². The van der Waals surface area contributed by atoms with Crippen LogP contribution < -0.4 is 10.7 Å². The number of amides is 2. The molecule has 1 aromatic carbocycles. The summed E-state index contributed by atoms with van der Waals surface area (Å²) in [6.07, 6.45) is 1.66. The second kappa shape index (κ2) is 9.13. The van der Waals surface area contributed by atoms with Crippen LogP contribution in [0.5, 0.6) is 0 Å². The van der Waals surface area contributed by atoms with Crippen LogP contribution in [0.1, 0.15) is 23.0 Å². The van der Waals surface area contributed by atoms with E-state index < -0.39 is 0 Å². The molecule has 0 saturated carbocycles. The molecule has 2 aliphatic heterocycles. The Morgan fingerprint density at radius 1 is 1.27 bits per heavy atom. The van der Waals surface area contributed by atoms with E-state index in [9.17, 15) is 9.59 Å². The third kappa shape index (κ3) is 4.81. The predicted molar refractivity (Wildman–Crippen MR) is 122 cm³/mol. The molecule has 2 saturated heterocycles. The smallest absolute Gasteiger partial charge is 0.265 e. The molecule has 0 aliphatic carbocycles. The van der Waals surface area contributed by atoms with E-state index in [1.165, 1.54) is 11.8 Å². The SMILES string of the molecule is CCN1CCN(NC(=O)c2cccc(-c3ccc(/C=C4\SC(=S)NC4=O)o3)c2)CC1. The first kappa shape index (κ1) is 20.8. The van der Waals surface area contributed by atoms with Gasteiger partial charge in [-0.05, 0) is 30.8 Å². The molecule has 2 fully saturated rings. The van der Waals surface area contributed by atoms with Crippen LogP contribution in [0.3, 0.4) is 0 Å². The number of carbonyl (C=O) groups excluding carboxylic acids is 2. The molecule has 156 valence electrons. The van der Waals surface area contributed by atoms with Gasteiger partial charge in [-0.3, -0.25) is 15.0 Å². The molecule has 0 radical (unpaired) electrons. The third-order valence-corrected chi connectivity index (χ3v) is 6.19. The Morgan fingerprint density at radius 2 is 2.07 bits per heavy atom. The lowest BCUT2D eigenvalue weighted by Crippen LogP contribution is -2.53. The highest BCUT2D eigenvalue weighted by Gasteiger charge is 2.23. The summed E-state index contributed by atoms with van der Waals surface area (Å²) >= 11 is 6.21. The second-order valence-electron chi connectivity index (χ2n) is 7.00. The zero-order valence-corrected chi connectivity index (χ0v) is 18.1. The molecule has 2 amide bonds. The van der Waals surface area contributed by atoms with Gasteiger partial charge < -0.3 is 14.6 Å². The molecular weight excluding hydrogens is 420 g/mol. The van der Waals surface area contributed by atoms with Gasteiger partial charge in [0.05, 0.1) is 4.91 Å². The first-order valence-corrected chi connectivity index (χ1v) is 11.0. The molecule has 0 atom stereocenters. The number of nitrogens with one attached hydrogen (secondary N) is 2. The van der Waals surface area contributed by atoms with Gasteiger partial charge in [0.15, 0.2) is 0 Å². The van der Waals surface area contributed by atoms with Gasteiger partial charge in [-0.2, -0.15) is 0 Å². The average molecular weight is 443 g/mol. The van der Waals surface area contributed by atoms with Gasteiger partial charge in [-0.15, -0.1) is 0 Å². The Hall–Kier alpha value is -2.46. The molecule has 2 aliphatic rings. The summed E-state index contributed by atoms with van der Waals surface area (Å²) < 4.78 is 6.30. The van der Waals surface area contributed by atoms with Gasteiger partial charge >= 0.3 is 0 Å². The fourth-order valence-corrected chi connectivity index (χ4v) is 4.36. The number of likely N-dealkylation sites (N-methyl/N-ethyl adjacent to an activating group) is 1. The Balaban J connectivity index is 1.44. The number of hydrazine groups is 1. The maximum Gasteiger partial charge on any atom is 0.265 e. The highest BCUT2D eigenvalue weighted by Crippen LogP contribution is 2.29. The molecule has 1 aromatic heterocycles. The van der Waals surface area contributed by atoms with Crippen molar-refractivity contribution in [2.75, 3.05) is 32.7 Å². The van der Waals surface area contributed by atoms with Crippen molar-refractivity contribution in [2.24, 2.45) is 0 Å². The number of nitrogens with zero attached hydrogens (tertiary/aromatic N) is 2. The van der Waals surface area contributed by atoms with E-state index in [2.05, 4.69) is 22.6 Å². The quantitative estimate of drug-likeness (QED) is 0.545. The Kier molecular flexibility index (Phi) is 6.33.